The minimum Gasteiger partial charge on any atom is -0.329 e. The van der Waals surface area contributed by atoms with Crippen molar-refractivity contribution in [1.29, 1.82) is 0 Å². The van der Waals surface area contributed by atoms with Crippen LogP contribution in [0.5, 0.6) is 0 Å². The van der Waals surface area contributed by atoms with Gasteiger partial charge < -0.3 is 5.73 Å². The third-order valence-corrected chi connectivity index (χ3v) is 4.21. The van der Waals surface area contributed by atoms with E-state index in [0.29, 0.717) is 0 Å². The van der Waals surface area contributed by atoms with E-state index in [0.717, 1.165) is 16.3 Å². The zero-order chi connectivity index (χ0) is 13.2. The normalized spacial score (nSPS) is 13.7. The van der Waals surface area contributed by atoms with E-state index in [-0.39, 0.29) is 13.0 Å². The molecule has 0 aliphatic carbocycles. The van der Waals surface area contributed by atoms with Crippen molar-refractivity contribution in [3.63, 3.8) is 0 Å². The van der Waals surface area contributed by atoms with Crippen molar-refractivity contribution in [1.82, 2.24) is 0 Å². The summed E-state index contributed by atoms with van der Waals surface area (Å²) in [6.45, 7) is -0.0952. The van der Waals surface area contributed by atoms with Crippen molar-refractivity contribution in [2.75, 3.05) is 6.54 Å². The Hall–Kier alpha value is -1.43. The maximum atomic E-state index is 11.2. The van der Waals surface area contributed by atoms with Gasteiger partial charge in [-0.15, -0.1) is 0 Å². The van der Waals surface area contributed by atoms with Gasteiger partial charge in [-0.3, -0.25) is 4.55 Å². The topological polar surface area (TPSA) is 80.4 Å². The molecule has 0 saturated heterocycles. The molecule has 0 aliphatic heterocycles. The summed E-state index contributed by atoms with van der Waals surface area (Å²) in [7, 11) is -4.11. The van der Waals surface area contributed by atoms with Gasteiger partial charge in [0.05, 0.1) is 0 Å². The predicted octanol–water partition coefficient (Wildman–Crippen LogP) is 1.60. The smallest absolute Gasteiger partial charge is 0.269 e. The van der Waals surface area contributed by atoms with Gasteiger partial charge in [0.15, 0.2) is 0 Å². The molecule has 18 heavy (non-hydrogen) atoms. The quantitative estimate of drug-likeness (QED) is 0.823. The third-order valence-electron chi connectivity index (χ3n) is 3.01. The van der Waals surface area contributed by atoms with Crippen LogP contribution in [0.2, 0.25) is 0 Å². The molecule has 0 aliphatic rings. The van der Waals surface area contributed by atoms with E-state index in [1.165, 1.54) is 0 Å². The Balaban J connectivity index is 2.43. The first-order valence-corrected chi connectivity index (χ1v) is 7.15. The Kier molecular flexibility index (Phi) is 3.65. The number of fused-ring (bicyclic) bond motifs is 1. The van der Waals surface area contributed by atoms with E-state index in [2.05, 4.69) is 0 Å². The number of rotatable bonds is 4. The average molecular weight is 265 g/mol. The van der Waals surface area contributed by atoms with Crippen LogP contribution in [0.4, 0.5) is 0 Å². The first-order valence-electron chi connectivity index (χ1n) is 5.65. The summed E-state index contributed by atoms with van der Waals surface area (Å²) >= 11 is 0. The lowest BCUT2D eigenvalue weighted by Gasteiger charge is -2.13. The molecule has 2 aromatic rings. The van der Waals surface area contributed by atoms with Crippen LogP contribution in [0, 0.1) is 0 Å². The van der Waals surface area contributed by atoms with E-state index in [4.69, 9.17) is 10.3 Å². The van der Waals surface area contributed by atoms with Crippen LogP contribution in [0.1, 0.15) is 5.56 Å². The zero-order valence-corrected chi connectivity index (χ0v) is 10.6. The molecule has 1 atom stereocenters. The van der Waals surface area contributed by atoms with Crippen molar-refractivity contribution in [2.24, 2.45) is 5.73 Å². The molecular weight excluding hydrogens is 250 g/mol. The fourth-order valence-corrected chi connectivity index (χ4v) is 2.66. The zero-order valence-electron chi connectivity index (χ0n) is 9.78. The fourth-order valence-electron chi connectivity index (χ4n) is 2.03. The minimum absolute atomic E-state index is 0.0952. The van der Waals surface area contributed by atoms with Gasteiger partial charge in [-0.1, -0.05) is 42.5 Å². The summed E-state index contributed by atoms with van der Waals surface area (Å²) in [6.07, 6.45) is 0.219. The van der Waals surface area contributed by atoms with Gasteiger partial charge in [-0.2, -0.15) is 8.42 Å². The lowest BCUT2D eigenvalue weighted by Crippen LogP contribution is -2.31. The molecule has 0 radical (unpaired) electrons. The van der Waals surface area contributed by atoms with E-state index in [1.807, 2.05) is 42.5 Å². The average Bonchev–Trinajstić information content (AvgIpc) is 2.34. The molecule has 1 unspecified atom stereocenters. The molecule has 2 aromatic carbocycles. The maximum Gasteiger partial charge on any atom is 0.269 e. The second-order valence-electron chi connectivity index (χ2n) is 4.22. The van der Waals surface area contributed by atoms with Gasteiger partial charge in [0.1, 0.15) is 5.25 Å². The Morgan fingerprint density at radius 1 is 1.11 bits per heavy atom. The van der Waals surface area contributed by atoms with Gasteiger partial charge in [0, 0.05) is 6.54 Å². The summed E-state index contributed by atoms with van der Waals surface area (Å²) in [5, 5.41) is 1.08. The second-order valence-corrected chi connectivity index (χ2v) is 5.91. The molecule has 0 bridgehead atoms. The van der Waals surface area contributed by atoms with Crippen LogP contribution in [-0.2, 0) is 16.5 Å². The number of hydrogen-bond donors (Lipinski definition) is 2. The number of nitrogens with two attached hydrogens (primary N) is 1. The van der Waals surface area contributed by atoms with Crippen molar-refractivity contribution in [2.45, 2.75) is 11.7 Å². The van der Waals surface area contributed by atoms with E-state index in [1.54, 1.807) is 0 Å². The molecule has 0 saturated carbocycles. The van der Waals surface area contributed by atoms with Crippen LogP contribution < -0.4 is 5.73 Å². The molecule has 3 N–H and O–H groups in total. The minimum atomic E-state index is -4.11. The summed E-state index contributed by atoms with van der Waals surface area (Å²) < 4.78 is 31.5. The van der Waals surface area contributed by atoms with Gasteiger partial charge in [-0.25, -0.2) is 0 Å². The molecule has 96 valence electrons. The molecule has 0 spiro atoms. The fraction of sp³-hybridized carbons (Fsp3) is 0.231. The first-order chi connectivity index (χ1) is 8.52. The Morgan fingerprint density at radius 3 is 2.44 bits per heavy atom. The van der Waals surface area contributed by atoms with Gasteiger partial charge in [-0.05, 0) is 22.8 Å². The highest BCUT2D eigenvalue weighted by molar-refractivity contribution is 7.86. The second kappa shape index (κ2) is 5.06. The summed E-state index contributed by atoms with van der Waals surface area (Å²) in [4.78, 5) is 0. The van der Waals surface area contributed by atoms with Crippen LogP contribution in [-0.4, -0.2) is 24.8 Å². The van der Waals surface area contributed by atoms with Crippen molar-refractivity contribution in [3.05, 3.63) is 48.0 Å². The Labute approximate surface area is 106 Å². The molecule has 2 rings (SSSR count). The molecule has 0 amide bonds. The highest BCUT2D eigenvalue weighted by Crippen LogP contribution is 2.20. The van der Waals surface area contributed by atoms with Crippen LogP contribution in [0.15, 0.2) is 42.5 Å². The monoisotopic (exact) mass is 265 g/mol. The van der Waals surface area contributed by atoms with Gasteiger partial charge in [0.25, 0.3) is 10.1 Å². The molecule has 0 fully saturated rings. The highest BCUT2D eigenvalue weighted by Gasteiger charge is 2.22. The van der Waals surface area contributed by atoms with Crippen LogP contribution in [0.3, 0.4) is 0 Å². The molecule has 4 nitrogen and oxygen atoms in total. The highest BCUT2D eigenvalue weighted by atomic mass is 32.2. The van der Waals surface area contributed by atoms with Crippen molar-refractivity contribution in [3.8, 4) is 0 Å². The number of benzene rings is 2. The predicted molar refractivity (Wildman–Crippen MR) is 72.0 cm³/mol. The van der Waals surface area contributed by atoms with E-state index < -0.39 is 15.4 Å². The molecule has 5 heteroatoms. The van der Waals surface area contributed by atoms with Crippen LogP contribution in [0.25, 0.3) is 10.8 Å². The lowest BCUT2D eigenvalue weighted by molar-refractivity contribution is 0.466. The number of hydrogen-bond acceptors (Lipinski definition) is 3. The van der Waals surface area contributed by atoms with E-state index >= 15 is 0 Å². The molecular formula is C13H15NO3S. The lowest BCUT2D eigenvalue weighted by atomic mass is 10.0. The Bertz CT molecular complexity index is 647. The Morgan fingerprint density at radius 2 is 1.78 bits per heavy atom. The largest absolute Gasteiger partial charge is 0.329 e. The third kappa shape index (κ3) is 2.69. The first kappa shape index (κ1) is 13.0. The maximum absolute atomic E-state index is 11.2. The molecule has 0 heterocycles. The van der Waals surface area contributed by atoms with Crippen LogP contribution >= 0.6 is 0 Å². The van der Waals surface area contributed by atoms with Crippen molar-refractivity contribution < 1.29 is 13.0 Å². The summed E-state index contributed by atoms with van der Waals surface area (Å²) in [6, 6.07) is 13.4. The van der Waals surface area contributed by atoms with E-state index in [9.17, 15) is 8.42 Å². The standard InChI is InChI=1S/C13H15NO3S/c14-9-12(18(15,16)17)8-11-6-3-5-10-4-1-2-7-13(10)11/h1-7,12H,8-9,14H2,(H,15,16,17). The summed E-state index contributed by atoms with van der Waals surface area (Å²) in [5.74, 6) is 0. The van der Waals surface area contributed by atoms with Gasteiger partial charge in [0.2, 0.25) is 0 Å². The SMILES string of the molecule is NCC(Cc1cccc2ccccc12)S(=O)(=O)O. The van der Waals surface area contributed by atoms with Crippen molar-refractivity contribution >= 4 is 20.9 Å². The van der Waals surface area contributed by atoms with Gasteiger partial charge >= 0.3 is 0 Å². The summed E-state index contributed by atoms with van der Waals surface area (Å²) in [5.41, 5.74) is 6.29. The molecule has 0 aromatic heterocycles.